The van der Waals surface area contributed by atoms with Crippen molar-refractivity contribution in [2.75, 3.05) is 16.0 Å². The summed E-state index contributed by atoms with van der Waals surface area (Å²) in [5, 5.41) is 8.55. The van der Waals surface area contributed by atoms with Gasteiger partial charge in [-0.1, -0.05) is 18.2 Å². The van der Waals surface area contributed by atoms with Crippen LogP contribution in [-0.2, 0) is 14.4 Å². The maximum atomic E-state index is 13.2. The topological polar surface area (TPSA) is 87.3 Å². The lowest BCUT2D eigenvalue weighted by Crippen LogP contribution is -2.48. The van der Waals surface area contributed by atoms with Gasteiger partial charge in [0.15, 0.2) is 0 Å². The van der Waals surface area contributed by atoms with Gasteiger partial charge in [0.1, 0.15) is 5.92 Å². The van der Waals surface area contributed by atoms with Gasteiger partial charge in [0.25, 0.3) is 0 Å². The van der Waals surface area contributed by atoms with E-state index < -0.39 is 23.1 Å². The van der Waals surface area contributed by atoms with Crippen LogP contribution in [0.1, 0.15) is 36.1 Å². The third kappa shape index (κ3) is 3.75. The highest BCUT2D eigenvalue weighted by Gasteiger charge is 2.47. The minimum atomic E-state index is -1.27. The van der Waals surface area contributed by atoms with Crippen LogP contribution < -0.4 is 16.0 Å². The molecule has 0 atom stereocenters. The number of aryl methyl sites for hydroxylation is 4. The normalized spacial score (nSPS) is 14.6. The molecule has 0 saturated heterocycles. The van der Waals surface area contributed by atoms with Gasteiger partial charge >= 0.3 is 0 Å². The molecule has 0 radical (unpaired) electrons. The fourth-order valence-electron chi connectivity index (χ4n) is 3.62. The quantitative estimate of drug-likeness (QED) is 0.686. The highest BCUT2D eigenvalue weighted by Crippen LogP contribution is 2.36. The Morgan fingerprint density at radius 2 is 1.31 bits per heavy atom. The van der Waals surface area contributed by atoms with Gasteiger partial charge in [0.05, 0.1) is 16.8 Å². The van der Waals surface area contributed by atoms with Crippen LogP contribution in [0.25, 0.3) is 0 Å². The van der Waals surface area contributed by atoms with E-state index in [1.165, 1.54) is 0 Å². The zero-order chi connectivity index (χ0) is 21.5. The number of nitrogens with one attached hydrogen (secondary N) is 3. The van der Waals surface area contributed by atoms with E-state index in [1.54, 1.807) is 13.8 Å². The monoisotopic (exact) mass is 393 g/mol. The minimum absolute atomic E-state index is 0.386. The Bertz CT molecular complexity index is 961. The van der Waals surface area contributed by atoms with Crippen LogP contribution in [0.2, 0.25) is 0 Å². The van der Waals surface area contributed by atoms with E-state index in [9.17, 15) is 14.4 Å². The molecule has 152 valence electrons. The smallest absolute Gasteiger partial charge is 0.238 e. The molecule has 1 aliphatic heterocycles. The molecule has 6 heteroatoms. The average molecular weight is 393 g/mol. The van der Waals surface area contributed by atoms with Crippen molar-refractivity contribution in [3.05, 3.63) is 52.6 Å². The van der Waals surface area contributed by atoms with Crippen molar-refractivity contribution in [3.63, 3.8) is 0 Å². The average Bonchev–Trinajstić information content (AvgIpc) is 2.73. The number of rotatable bonds is 3. The first-order valence-corrected chi connectivity index (χ1v) is 9.63. The van der Waals surface area contributed by atoms with Crippen LogP contribution in [0.3, 0.4) is 0 Å². The molecule has 3 rings (SSSR count). The fraction of sp³-hybridized carbons (Fsp3) is 0.348. The molecule has 6 nitrogen and oxygen atoms in total. The van der Waals surface area contributed by atoms with Crippen LogP contribution in [0.15, 0.2) is 30.3 Å². The Balaban J connectivity index is 1.93. The number of fused-ring (bicyclic) bond motifs is 1. The van der Waals surface area contributed by atoms with Crippen molar-refractivity contribution in [1.82, 2.24) is 0 Å². The first-order chi connectivity index (χ1) is 13.5. The summed E-state index contributed by atoms with van der Waals surface area (Å²) in [6.07, 6.45) is 0. The molecule has 0 aromatic heterocycles. The Labute approximate surface area is 171 Å². The fourth-order valence-corrected chi connectivity index (χ4v) is 3.62. The van der Waals surface area contributed by atoms with Gasteiger partial charge in [0.2, 0.25) is 17.7 Å². The number of para-hydroxylation sites is 1. The van der Waals surface area contributed by atoms with Gasteiger partial charge in [-0.3, -0.25) is 14.4 Å². The second kappa shape index (κ2) is 7.35. The van der Waals surface area contributed by atoms with Crippen LogP contribution in [0.4, 0.5) is 17.1 Å². The summed E-state index contributed by atoms with van der Waals surface area (Å²) in [7, 11) is 0. The molecule has 3 amide bonds. The Morgan fingerprint density at radius 3 is 1.76 bits per heavy atom. The lowest BCUT2D eigenvalue weighted by molar-refractivity contribution is -0.141. The van der Waals surface area contributed by atoms with Gasteiger partial charge in [-0.15, -0.1) is 0 Å². The molecule has 2 aromatic carbocycles. The van der Waals surface area contributed by atoms with Crippen molar-refractivity contribution in [3.8, 4) is 0 Å². The number of carbonyl (C=O) groups is 3. The lowest BCUT2D eigenvalue weighted by Gasteiger charge is -2.30. The minimum Gasteiger partial charge on any atom is -0.325 e. The van der Waals surface area contributed by atoms with Crippen molar-refractivity contribution in [1.29, 1.82) is 0 Å². The van der Waals surface area contributed by atoms with Gasteiger partial charge in [-0.25, -0.2) is 0 Å². The standard InChI is InChI=1S/C23H27N3O3/c1-12-8-7-9-13(2)19(12)26-22(29)23(5,6)18-20(27)24-16-10-14(3)15(4)11-17(16)25-21(18)28/h7-11,18H,1-6H3,(H,24,27)(H,25,28)(H,26,29). The highest BCUT2D eigenvalue weighted by atomic mass is 16.2. The largest absolute Gasteiger partial charge is 0.325 e. The highest BCUT2D eigenvalue weighted by molar-refractivity contribution is 6.19. The van der Waals surface area contributed by atoms with E-state index in [-0.39, 0.29) is 5.91 Å². The van der Waals surface area contributed by atoms with Gasteiger partial charge in [-0.2, -0.15) is 0 Å². The number of hydrogen-bond donors (Lipinski definition) is 3. The van der Waals surface area contributed by atoms with E-state index in [0.29, 0.717) is 17.1 Å². The summed E-state index contributed by atoms with van der Waals surface area (Å²) in [4.78, 5) is 39.1. The van der Waals surface area contributed by atoms with Crippen molar-refractivity contribution in [2.45, 2.75) is 41.5 Å². The van der Waals surface area contributed by atoms with Crippen LogP contribution in [0, 0.1) is 39.0 Å². The second-order valence-corrected chi connectivity index (χ2v) is 8.34. The van der Waals surface area contributed by atoms with E-state index >= 15 is 0 Å². The Morgan fingerprint density at radius 1 is 0.862 bits per heavy atom. The van der Waals surface area contributed by atoms with E-state index in [0.717, 1.165) is 22.3 Å². The SMILES string of the molecule is Cc1cc2c(cc1C)NC(=O)C(C(C)(C)C(=O)Nc1c(C)cccc1C)C(=O)N2. The molecular weight excluding hydrogens is 366 g/mol. The summed E-state index contributed by atoms with van der Waals surface area (Å²) in [5.41, 5.74) is 4.36. The molecule has 1 heterocycles. The predicted molar refractivity (Wildman–Crippen MR) is 115 cm³/mol. The summed E-state index contributed by atoms with van der Waals surface area (Å²) >= 11 is 0. The van der Waals surface area contributed by atoms with Crippen LogP contribution >= 0.6 is 0 Å². The van der Waals surface area contributed by atoms with Crippen LogP contribution in [0.5, 0.6) is 0 Å². The predicted octanol–water partition coefficient (Wildman–Crippen LogP) is 4.09. The van der Waals surface area contributed by atoms with Crippen LogP contribution in [-0.4, -0.2) is 17.7 Å². The Kier molecular flexibility index (Phi) is 5.22. The number of hydrogen-bond acceptors (Lipinski definition) is 3. The molecule has 3 N–H and O–H groups in total. The molecule has 0 unspecified atom stereocenters. The summed E-state index contributed by atoms with van der Waals surface area (Å²) in [6, 6.07) is 9.38. The van der Waals surface area contributed by atoms with E-state index in [2.05, 4.69) is 16.0 Å². The summed E-state index contributed by atoms with van der Waals surface area (Å²) < 4.78 is 0. The second-order valence-electron chi connectivity index (χ2n) is 8.34. The molecule has 0 saturated carbocycles. The molecule has 29 heavy (non-hydrogen) atoms. The Hall–Kier alpha value is -3.15. The maximum absolute atomic E-state index is 13.2. The van der Waals surface area contributed by atoms with Crippen molar-refractivity contribution in [2.24, 2.45) is 11.3 Å². The molecule has 2 aromatic rings. The summed E-state index contributed by atoms with van der Waals surface area (Å²) in [5.74, 6) is -2.55. The number of anilines is 3. The first-order valence-electron chi connectivity index (χ1n) is 9.63. The molecule has 0 spiro atoms. The lowest BCUT2D eigenvalue weighted by atomic mass is 9.76. The molecule has 1 aliphatic rings. The molecular formula is C23H27N3O3. The molecule has 0 aliphatic carbocycles. The molecule has 0 fully saturated rings. The number of carbonyl (C=O) groups excluding carboxylic acids is 3. The summed E-state index contributed by atoms with van der Waals surface area (Å²) in [6.45, 7) is 10.9. The molecule has 0 bridgehead atoms. The van der Waals surface area contributed by atoms with Gasteiger partial charge in [-0.05, 0) is 75.9 Å². The number of amides is 3. The van der Waals surface area contributed by atoms with E-state index in [4.69, 9.17) is 0 Å². The van der Waals surface area contributed by atoms with Gasteiger partial charge < -0.3 is 16.0 Å². The van der Waals surface area contributed by atoms with E-state index in [1.807, 2.05) is 58.0 Å². The zero-order valence-electron chi connectivity index (χ0n) is 17.7. The first kappa shape index (κ1) is 20.6. The zero-order valence-corrected chi connectivity index (χ0v) is 17.7. The van der Waals surface area contributed by atoms with Crippen molar-refractivity contribution >= 4 is 34.8 Å². The van der Waals surface area contributed by atoms with Crippen molar-refractivity contribution < 1.29 is 14.4 Å². The number of benzene rings is 2. The third-order valence-electron chi connectivity index (χ3n) is 5.70. The maximum Gasteiger partial charge on any atom is 0.238 e. The third-order valence-corrected chi connectivity index (χ3v) is 5.70. The van der Waals surface area contributed by atoms with Gasteiger partial charge in [0, 0.05) is 5.69 Å².